The summed E-state index contributed by atoms with van der Waals surface area (Å²) in [7, 11) is 0. The van der Waals surface area contributed by atoms with Gasteiger partial charge in [0.1, 0.15) is 41.4 Å². The smallest absolute Gasteiger partial charge is 0.319 e. The number of nitriles is 1. The maximum Gasteiger partial charge on any atom is 0.319 e. The van der Waals surface area contributed by atoms with E-state index in [4.69, 9.17) is 14.5 Å². The number of fused-ring (bicyclic) bond motifs is 5. The summed E-state index contributed by atoms with van der Waals surface area (Å²) in [6.45, 7) is 2.53. The molecular formula is C35H35F3N6O3. The van der Waals surface area contributed by atoms with Crippen molar-refractivity contribution in [1.82, 2.24) is 19.9 Å². The first kappa shape index (κ1) is 30.1. The van der Waals surface area contributed by atoms with Crippen LogP contribution in [0, 0.1) is 28.9 Å². The molecule has 0 aliphatic carbocycles. The van der Waals surface area contributed by atoms with Crippen molar-refractivity contribution in [1.29, 1.82) is 5.26 Å². The molecule has 2 aromatic heterocycles. The summed E-state index contributed by atoms with van der Waals surface area (Å²) >= 11 is 0. The molecule has 4 aromatic rings. The van der Waals surface area contributed by atoms with Gasteiger partial charge in [-0.05, 0) is 79.6 Å². The minimum absolute atomic E-state index is 0.0339. The Kier molecular flexibility index (Phi) is 7.56. The molecule has 9 rings (SSSR count). The van der Waals surface area contributed by atoms with Crippen LogP contribution in [-0.2, 0) is 11.2 Å². The molecular weight excluding hydrogens is 609 g/mol. The molecule has 0 radical (unpaired) electrons. The highest BCUT2D eigenvalue weighted by Gasteiger charge is 2.49. The van der Waals surface area contributed by atoms with E-state index in [1.165, 1.54) is 24.4 Å². The minimum Gasteiger partial charge on any atom is -0.508 e. The topological polar surface area (TPSA) is 108 Å². The van der Waals surface area contributed by atoms with Gasteiger partial charge in [0.05, 0.1) is 29.0 Å². The van der Waals surface area contributed by atoms with Crippen molar-refractivity contribution in [3.8, 4) is 29.1 Å². The molecule has 0 saturated carbocycles. The zero-order valence-corrected chi connectivity index (χ0v) is 25.9. The van der Waals surface area contributed by atoms with Crippen LogP contribution in [-0.4, -0.2) is 82.2 Å². The average Bonchev–Trinajstić information content (AvgIpc) is 3.49. The Morgan fingerprint density at radius 3 is 2.91 bits per heavy atom. The lowest BCUT2D eigenvalue weighted by atomic mass is 9.93. The third-order valence-corrected chi connectivity index (χ3v) is 10.4. The van der Waals surface area contributed by atoms with Crippen molar-refractivity contribution in [3.63, 3.8) is 0 Å². The summed E-state index contributed by atoms with van der Waals surface area (Å²) in [5.74, 6) is -1.14. The van der Waals surface area contributed by atoms with E-state index in [1.807, 2.05) is 4.90 Å². The summed E-state index contributed by atoms with van der Waals surface area (Å²) in [5.41, 5.74) is 0.0541. The highest BCUT2D eigenvalue weighted by atomic mass is 19.1. The molecule has 7 heterocycles. The van der Waals surface area contributed by atoms with Gasteiger partial charge >= 0.3 is 6.01 Å². The second-order valence-electron chi connectivity index (χ2n) is 13.4. The number of benzene rings is 2. The molecule has 0 amide bonds. The molecule has 6 bridgehead atoms. The van der Waals surface area contributed by atoms with Crippen molar-refractivity contribution < 1.29 is 27.8 Å². The highest BCUT2D eigenvalue weighted by Crippen LogP contribution is 2.42. The maximum atomic E-state index is 16.9. The summed E-state index contributed by atoms with van der Waals surface area (Å²) < 4.78 is 59.5. The normalized spacial score (nSPS) is 26.3. The van der Waals surface area contributed by atoms with Crippen molar-refractivity contribution in [2.45, 2.75) is 62.8 Å². The molecule has 9 nitrogen and oxygen atoms in total. The lowest BCUT2D eigenvalue weighted by Crippen LogP contribution is -2.43. The number of aromatic nitrogens is 3. The van der Waals surface area contributed by atoms with Gasteiger partial charge in [-0.15, -0.1) is 0 Å². The van der Waals surface area contributed by atoms with E-state index >= 15 is 8.78 Å². The highest BCUT2D eigenvalue weighted by molar-refractivity contribution is 6.01. The number of aryl methyl sites for hydroxylation is 1. The van der Waals surface area contributed by atoms with Gasteiger partial charge in [0, 0.05) is 44.4 Å². The van der Waals surface area contributed by atoms with Crippen LogP contribution >= 0.6 is 0 Å². The Hall–Kier alpha value is -4.21. The van der Waals surface area contributed by atoms with Gasteiger partial charge in [-0.2, -0.15) is 15.2 Å². The number of aromatic hydroxyl groups is 1. The van der Waals surface area contributed by atoms with Gasteiger partial charge in [0.2, 0.25) is 0 Å². The van der Waals surface area contributed by atoms with Crippen molar-refractivity contribution >= 4 is 27.5 Å². The molecule has 3 saturated heterocycles. The van der Waals surface area contributed by atoms with E-state index in [2.05, 4.69) is 20.9 Å². The molecule has 2 aromatic carbocycles. The fraction of sp³-hybridized carbons (Fsp3) is 0.486. The van der Waals surface area contributed by atoms with Gasteiger partial charge in [-0.1, -0.05) is 6.07 Å². The number of alkyl halides is 1. The Bertz CT molecular complexity index is 1920. The van der Waals surface area contributed by atoms with E-state index in [9.17, 15) is 14.8 Å². The fourth-order valence-electron chi connectivity index (χ4n) is 8.18. The largest absolute Gasteiger partial charge is 0.508 e. The van der Waals surface area contributed by atoms with E-state index < -0.39 is 23.3 Å². The number of hydrogen-bond donors (Lipinski definition) is 1. The third-order valence-electron chi connectivity index (χ3n) is 10.4. The number of ether oxygens (including phenoxy) is 2. The standard InChI is InChI=1S/C35H35F3N6O3/c36-22-14-35(7-2-8-44(35)17-22)19-47-34-41-32-27-16-40-31(30(32)38)26-13-23(45)12-21-4-5-28(37)25(29(21)26)3-1-10-46-24-11-20(15-39)6-9-43(18-24)33(27)42-34/h4-5,12-13,16,20,22,24,45H,1-3,6-11,14,17-19H2/t20?,22-,24?,35+/m1/s1. The van der Waals surface area contributed by atoms with Gasteiger partial charge in [-0.3, -0.25) is 9.88 Å². The summed E-state index contributed by atoms with van der Waals surface area (Å²) in [6.07, 6.45) is 4.22. The second-order valence-corrected chi connectivity index (χ2v) is 13.4. The SMILES string of the molecule is N#CC1CCN2CC(C1)OCCCc1c(F)ccc3cc(O)cc(c13)-c1ncc3c2nc(OC[C@@]24CCCN2C[C@H](F)C4)nc3c1F. The van der Waals surface area contributed by atoms with E-state index in [-0.39, 0.29) is 47.2 Å². The van der Waals surface area contributed by atoms with E-state index in [0.717, 1.165) is 19.4 Å². The van der Waals surface area contributed by atoms with E-state index in [0.29, 0.717) is 85.9 Å². The van der Waals surface area contributed by atoms with Gasteiger partial charge < -0.3 is 19.5 Å². The van der Waals surface area contributed by atoms with Crippen LogP contribution in [0.5, 0.6) is 11.8 Å². The minimum atomic E-state index is -0.936. The Labute approximate surface area is 269 Å². The average molecular weight is 645 g/mol. The lowest BCUT2D eigenvalue weighted by Gasteiger charge is -2.31. The Balaban J connectivity index is 1.32. The first-order chi connectivity index (χ1) is 22.8. The molecule has 1 N–H and O–H groups in total. The predicted molar refractivity (Wildman–Crippen MR) is 169 cm³/mol. The molecule has 2 unspecified atom stereocenters. The predicted octanol–water partition coefficient (Wildman–Crippen LogP) is 5.86. The van der Waals surface area contributed by atoms with Crippen LogP contribution in [0.1, 0.15) is 44.1 Å². The summed E-state index contributed by atoms with van der Waals surface area (Å²) in [6, 6.07) is 8.19. The van der Waals surface area contributed by atoms with Crippen LogP contribution in [0.25, 0.3) is 32.9 Å². The Morgan fingerprint density at radius 2 is 2.04 bits per heavy atom. The lowest BCUT2D eigenvalue weighted by molar-refractivity contribution is 0.0480. The zero-order chi connectivity index (χ0) is 32.3. The van der Waals surface area contributed by atoms with Gasteiger partial charge in [0.15, 0.2) is 5.82 Å². The number of pyridine rings is 1. The quantitative estimate of drug-likeness (QED) is 0.294. The van der Waals surface area contributed by atoms with Crippen LogP contribution in [0.15, 0.2) is 30.5 Å². The van der Waals surface area contributed by atoms with Crippen molar-refractivity contribution in [3.05, 3.63) is 47.7 Å². The first-order valence-electron chi connectivity index (χ1n) is 16.4. The van der Waals surface area contributed by atoms with Gasteiger partial charge in [-0.25, -0.2) is 13.2 Å². The molecule has 3 fully saturated rings. The third kappa shape index (κ3) is 5.29. The maximum absolute atomic E-state index is 16.9. The fourth-order valence-corrected chi connectivity index (χ4v) is 8.18. The van der Waals surface area contributed by atoms with Crippen LogP contribution < -0.4 is 9.64 Å². The molecule has 12 heteroatoms. The summed E-state index contributed by atoms with van der Waals surface area (Å²) in [5, 5.41) is 21.9. The monoisotopic (exact) mass is 644 g/mol. The van der Waals surface area contributed by atoms with Crippen molar-refractivity contribution in [2.75, 3.05) is 44.3 Å². The molecule has 0 spiro atoms. The Morgan fingerprint density at radius 1 is 1.15 bits per heavy atom. The van der Waals surface area contributed by atoms with Crippen LogP contribution in [0.2, 0.25) is 0 Å². The van der Waals surface area contributed by atoms with Crippen LogP contribution in [0.3, 0.4) is 0 Å². The van der Waals surface area contributed by atoms with Crippen molar-refractivity contribution in [2.24, 2.45) is 5.92 Å². The van der Waals surface area contributed by atoms with E-state index in [1.54, 1.807) is 6.07 Å². The first-order valence-corrected chi connectivity index (χ1v) is 16.4. The second kappa shape index (κ2) is 11.8. The molecule has 47 heavy (non-hydrogen) atoms. The molecule has 244 valence electrons. The number of halogens is 3. The van der Waals surface area contributed by atoms with Gasteiger partial charge in [0.25, 0.3) is 0 Å². The molecule has 5 aliphatic heterocycles. The zero-order valence-electron chi connectivity index (χ0n) is 25.9. The number of rotatable bonds is 3. The molecule has 5 aliphatic rings. The number of anilines is 1. The number of nitrogens with zero attached hydrogens (tertiary/aromatic N) is 6. The molecule has 4 atom stereocenters. The number of hydrogen-bond acceptors (Lipinski definition) is 9. The number of phenols is 1. The number of phenolic OH excluding ortho intramolecular Hbond substituents is 1. The van der Waals surface area contributed by atoms with Crippen LogP contribution in [0.4, 0.5) is 19.0 Å². The summed E-state index contributed by atoms with van der Waals surface area (Å²) in [4.78, 5) is 18.0.